The Morgan fingerprint density at radius 1 is 1.30 bits per heavy atom. The Morgan fingerprint density at radius 2 is 2.10 bits per heavy atom. The maximum atomic E-state index is 9.45. The molecule has 2 rings (SSSR count). The molecule has 0 heterocycles. The quantitative estimate of drug-likeness (QED) is 0.800. The van der Waals surface area contributed by atoms with Crippen molar-refractivity contribution in [2.75, 3.05) is 11.1 Å². The summed E-state index contributed by atoms with van der Waals surface area (Å²) in [6.07, 6.45) is 3.70. The molecule has 0 bridgehead atoms. The summed E-state index contributed by atoms with van der Waals surface area (Å²) in [4.78, 5) is 1.09. The predicted octanol–water partition coefficient (Wildman–Crippen LogP) is 4.91. The summed E-state index contributed by atoms with van der Waals surface area (Å²) in [5, 5.41) is 13.1. The number of nitrogens with one attached hydrogen (secondary N) is 1. The van der Waals surface area contributed by atoms with E-state index in [1.807, 2.05) is 12.1 Å². The summed E-state index contributed by atoms with van der Waals surface area (Å²) >= 11 is 1.74. The Kier molecular flexibility index (Phi) is 5.37. The minimum absolute atomic E-state index is 0.509. The summed E-state index contributed by atoms with van der Waals surface area (Å²) in [6, 6.07) is 9.02. The maximum Gasteiger partial charge on any atom is 0.102 e. The van der Waals surface area contributed by atoms with Crippen molar-refractivity contribution in [3.05, 3.63) is 23.8 Å². The van der Waals surface area contributed by atoms with Crippen molar-refractivity contribution in [3.63, 3.8) is 0 Å². The number of nitrogens with zero attached hydrogens (tertiary/aromatic N) is 1. The highest BCUT2D eigenvalue weighted by Crippen LogP contribution is 2.33. The van der Waals surface area contributed by atoms with Crippen LogP contribution in [0.4, 0.5) is 5.69 Å². The first-order chi connectivity index (χ1) is 9.65. The van der Waals surface area contributed by atoms with Crippen LogP contribution >= 0.6 is 11.8 Å². The van der Waals surface area contributed by atoms with Gasteiger partial charge >= 0.3 is 0 Å². The van der Waals surface area contributed by atoms with Gasteiger partial charge in [0.1, 0.15) is 6.07 Å². The molecule has 2 nitrogen and oxygen atoms in total. The minimum atomic E-state index is 0.509. The Balaban J connectivity index is 2.13. The normalized spacial score (nSPS) is 26.0. The molecule has 3 heteroatoms. The van der Waals surface area contributed by atoms with E-state index in [9.17, 15) is 5.26 Å². The third kappa shape index (κ3) is 3.49. The molecule has 1 aliphatic rings. The summed E-state index contributed by atoms with van der Waals surface area (Å²) in [6.45, 7) is 6.81. The standard InChI is InChI=1S/C17H24N2S/c1-4-20-17-7-5-6-16(15(17)11-18)19-14-9-8-12(2)13(3)10-14/h5-7,12-14,19H,4,8-10H2,1-3H3. The second-order valence-corrected chi connectivity index (χ2v) is 7.14. The van der Waals surface area contributed by atoms with Gasteiger partial charge in [-0.2, -0.15) is 5.26 Å². The van der Waals surface area contributed by atoms with Gasteiger partial charge in [-0.3, -0.25) is 0 Å². The fraction of sp³-hybridized carbons (Fsp3) is 0.588. The Morgan fingerprint density at radius 3 is 2.75 bits per heavy atom. The highest BCUT2D eigenvalue weighted by molar-refractivity contribution is 7.99. The Bertz CT molecular complexity index is 492. The van der Waals surface area contributed by atoms with E-state index in [0.717, 1.165) is 33.7 Å². The number of hydrogen-bond donors (Lipinski definition) is 1. The van der Waals surface area contributed by atoms with Gasteiger partial charge in [-0.05, 0) is 49.0 Å². The van der Waals surface area contributed by atoms with Crippen LogP contribution < -0.4 is 5.32 Å². The topological polar surface area (TPSA) is 35.8 Å². The number of thioether (sulfide) groups is 1. The fourth-order valence-corrected chi connectivity index (χ4v) is 3.73. The highest BCUT2D eigenvalue weighted by atomic mass is 32.2. The van der Waals surface area contributed by atoms with Crippen molar-refractivity contribution in [2.45, 2.75) is 51.0 Å². The van der Waals surface area contributed by atoms with Crippen LogP contribution in [-0.2, 0) is 0 Å². The lowest BCUT2D eigenvalue weighted by atomic mass is 9.79. The molecule has 1 aliphatic carbocycles. The van der Waals surface area contributed by atoms with Gasteiger partial charge in [0.05, 0.1) is 11.3 Å². The fourth-order valence-electron chi connectivity index (χ4n) is 2.94. The van der Waals surface area contributed by atoms with Crippen LogP contribution in [0, 0.1) is 23.2 Å². The number of anilines is 1. The summed E-state index contributed by atoms with van der Waals surface area (Å²) in [5.41, 5.74) is 1.82. The van der Waals surface area contributed by atoms with Crippen LogP contribution in [0.1, 0.15) is 45.6 Å². The molecule has 3 atom stereocenters. The summed E-state index contributed by atoms with van der Waals surface area (Å²) in [7, 11) is 0. The molecule has 0 aliphatic heterocycles. The Labute approximate surface area is 127 Å². The van der Waals surface area contributed by atoms with Crippen molar-refractivity contribution < 1.29 is 0 Å². The van der Waals surface area contributed by atoms with Gasteiger partial charge < -0.3 is 5.32 Å². The third-order valence-corrected chi connectivity index (χ3v) is 5.34. The molecule has 108 valence electrons. The lowest BCUT2D eigenvalue weighted by molar-refractivity contribution is 0.261. The van der Waals surface area contributed by atoms with Crippen molar-refractivity contribution >= 4 is 17.4 Å². The SMILES string of the molecule is CCSc1cccc(NC2CCC(C)C(C)C2)c1C#N. The molecular formula is C17H24N2S. The summed E-state index contributed by atoms with van der Waals surface area (Å²) in [5.74, 6) is 2.58. The molecule has 3 unspecified atom stereocenters. The van der Waals surface area contributed by atoms with Gasteiger partial charge in [0, 0.05) is 10.9 Å². The molecule has 1 fully saturated rings. The van der Waals surface area contributed by atoms with Crippen molar-refractivity contribution in [1.29, 1.82) is 5.26 Å². The average Bonchev–Trinajstić information content (AvgIpc) is 2.44. The molecule has 1 N–H and O–H groups in total. The second kappa shape index (κ2) is 7.04. The van der Waals surface area contributed by atoms with E-state index in [-0.39, 0.29) is 0 Å². The van der Waals surface area contributed by atoms with Crippen molar-refractivity contribution in [3.8, 4) is 6.07 Å². The molecule has 1 saturated carbocycles. The van der Waals surface area contributed by atoms with Gasteiger partial charge in [-0.15, -0.1) is 11.8 Å². The van der Waals surface area contributed by atoms with E-state index in [1.54, 1.807) is 11.8 Å². The number of hydrogen-bond acceptors (Lipinski definition) is 3. The molecule has 0 radical (unpaired) electrons. The zero-order chi connectivity index (χ0) is 14.5. The zero-order valence-electron chi connectivity index (χ0n) is 12.6. The van der Waals surface area contributed by atoms with Gasteiger partial charge in [0.15, 0.2) is 0 Å². The van der Waals surface area contributed by atoms with Gasteiger partial charge in [0.25, 0.3) is 0 Å². The van der Waals surface area contributed by atoms with Crippen molar-refractivity contribution in [2.24, 2.45) is 11.8 Å². The maximum absolute atomic E-state index is 9.45. The van der Waals surface area contributed by atoms with Crippen LogP contribution in [-0.4, -0.2) is 11.8 Å². The first-order valence-corrected chi connectivity index (χ1v) is 8.56. The van der Waals surface area contributed by atoms with Gasteiger partial charge in [-0.1, -0.05) is 26.8 Å². The van der Waals surface area contributed by atoms with Crippen molar-refractivity contribution in [1.82, 2.24) is 0 Å². The smallest absolute Gasteiger partial charge is 0.102 e. The number of benzene rings is 1. The monoisotopic (exact) mass is 288 g/mol. The molecule has 20 heavy (non-hydrogen) atoms. The van der Waals surface area contributed by atoms with Gasteiger partial charge in [0.2, 0.25) is 0 Å². The molecule has 1 aromatic rings. The first kappa shape index (κ1) is 15.3. The molecule has 0 aromatic heterocycles. The molecule has 1 aromatic carbocycles. The minimum Gasteiger partial charge on any atom is -0.381 e. The van der Waals surface area contributed by atoms with Crippen LogP contribution in [0.25, 0.3) is 0 Å². The van der Waals surface area contributed by atoms with E-state index < -0.39 is 0 Å². The van der Waals surface area contributed by atoms with Crippen LogP contribution in [0.15, 0.2) is 23.1 Å². The largest absolute Gasteiger partial charge is 0.381 e. The lowest BCUT2D eigenvalue weighted by Crippen LogP contribution is -2.30. The van der Waals surface area contributed by atoms with Crippen LogP contribution in [0.5, 0.6) is 0 Å². The first-order valence-electron chi connectivity index (χ1n) is 7.58. The molecular weight excluding hydrogens is 264 g/mol. The third-order valence-electron chi connectivity index (χ3n) is 4.40. The number of rotatable bonds is 4. The number of nitriles is 1. The summed E-state index contributed by atoms with van der Waals surface area (Å²) < 4.78 is 0. The van der Waals surface area contributed by atoms with Crippen LogP contribution in [0.2, 0.25) is 0 Å². The van der Waals surface area contributed by atoms with E-state index in [1.165, 1.54) is 19.3 Å². The molecule has 0 amide bonds. The molecule has 0 spiro atoms. The molecule has 0 saturated heterocycles. The zero-order valence-corrected chi connectivity index (χ0v) is 13.5. The van der Waals surface area contributed by atoms with E-state index in [0.29, 0.717) is 6.04 Å². The van der Waals surface area contributed by atoms with Gasteiger partial charge in [-0.25, -0.2) is 0 Å². The van der Waals surface area contributed by atoms with Crippen LogP contribution in [0.3, 0.4) is 0 Å². The predicted molar refractivity (Wildman–Crippen MR) is 87.1 cm³/mol. The lowest BCUT2D eigenvalue weighted by Gasteiger charge is -2.33. The average molecular weight is 288 g/mol. The van der Waals surface area contributed by atoms with E-state index in [2.05, 4.69) is 38.2 Å². The second-order valence-electron chi connectivity index (χ2n) is 5.83. The van der Waals surface area contributed by atoms with E-state index in [4.69, 9.17) is 0 Å². The van der Waals surface area contributed by atoms with E-state index >= 15 is 0 Å². The highest BCUT2D eigenvalue weighted by Gasteiger charge is 2.25. The Hall–Kier alpha value is -1.14.